The van der Waals surface area contributed by atoms with E-state index in [1.165, 1.54) is 14.0 Å². The van der Waals surface area contributed by atoms with Gasteiger partial charge in [0.05, 0.1) is 20.3 Å². The molecule has 6 nitrogen and oxygen atoms in total. The highest BCUT2D eigenvalue weighted by Gasteiger charge is 2.13. The summed E-state index contributed by atoms with van der Waals surface area (Å²) in [6.45, 7) is 2.75. The molecule has 0 saturated carbocycles. The first-order valence-corrected chi connectivity index (χ1v) is 9.03. The van der Waals surface area contributed by atoms with Gasteiger partial charge in [-0.25, -0.2) is 4.79 Å². The van der Waals surface area contributed by atoms with Crippen molar-refractivity contribution in [1.82, 2.24) is 0 Å². The lowest BCUT2D eigenvalue weighted by Crippen LogP contribution is -2.19. The monoisotopic (exact) mass is 383 g/mol. The Kier molecular flexibility index (Phi) is 8.88. The number of oxime groups is 1. The minimum absolute atomic E-state index is 0.000175. The van der Waals surface area contributed by atoms with E-state index < -0.39 is 5.97 Å². The molecule has 148 valence electrons. The van der Waals surface area contributed by atoms with Crippen LogP contribution >= 0.6 is 0 Å². The maximum absolute atomic E-state index is 11.4. The van der Waals surface area contributed by atoms with Crippen LogP contribution in [0.25, 0.3) is 0 Å². The van der Waals surface area contributed by atoms with E-state index in [0.717, 1.165) is 17.4 Å². The van der Waals surface area contributed by atoms with E-state index in [2.05, 4.69) is 9.89 Å². The summed E-state index contributed by atoms with van der Waals surface area (Å²) >= 11 is 0. The van der Waals surface area contributed by atoms with Gasteiger partial charge in [-0.2, -0.15) is 0 Å². The first-order valence-electron chi connectivity index (χ1n) is 9.03. The highest BCUT2D eigenvalue weighted by Crippen LogP contribution is 2.13. The lowest BCUT2D eigenvalue weighted by atomic mass is 9.99. The molecule has 0 radical (unpaired) electrons. The Balaban J connectivity index is 1.97. The Bertz CT molecular complexity index is 789. The number of rotatable bonds is 11. The molecule has 0 saturated heterocycles. The summed E-state index contributed by atoms with van der Waals surface area (Å²) in [6, 6.07) is 17.3. The summed E-state index contributed by atoms with van der Waals surface area (Å²) in [4.78, 5) is 27.7. The van der Waals surface area contributed by atoms with Gasteiger partial charge in [-0.1, -0.05) is 53.7 Å². The van der Waals surface area contributed by atoms with Gasteiger partial charge < -0.3 is 14.3 Å². The number of methoxy groups -OCH3 is 1. The fourth-order valence-corrected chi connectivity index (χ4v) is 2.63. The standard InChI is InChI=1S/C22H25NO5/c1-17(22(25)26-2)23-28-16-21(12-19-9-6-10-20(11-19)13-24)15-27-14-18-7-4-3-5-8-18/h3-11,13,21H,12,14-16H2,1-2H3/b23-17+. The zero-order valence-electron chi connectivity index (χ0n) is 16.2. The van der Waals surface area contributed by atoms with Crippen molar-refractivity contribution in [2.24, 2.45) is 11.1 Å². The predicted molar refractivity (Wildman–Crippen MR) is 106 cm³/mol. The van der Waals surface area contributed by atoms with Crippen LogP contribution in [0, 0.1) is 5.92 Å². The van der Waals surface area contributed by atoms with Crippen molar-refractivity contribution >= 4 is 18.0 Å². The molecule has 0 aliphatic heterocycles. The van der Waals surface area contributed by atoms with Crippen LogP contribution in [0.1, 0.15) is 28.4 Å². The lowest BCUT2D eigenvalue weighted by molar-refractivity contribution is -0.133. The largest absolute Gasteiger partial charge is 0.464 e. The Morgan fingerprint density at radius 3 is 2.54 bits per heavy atom. The fourth-order valence-electron chi connectivity index (χ4n) is 2.63. The van der Waals surface area contributed by atoms with Gasteiger partial charge in [0.25, 0.3) is 0 Å². The molecule has 0 fully saturated rings. The minimum atomic E-state index is -0.532. The van der Waals surface area contributed by atoms with Gasteiger partial charge in [0.1, 0.15) is 12.9 Å². The maximum Gasteiger partial charge on any atom is 0.355 e. The van der Waals surface area contributed by atoms with Crippen molar-refractivity contribution in [2.45, 2.75) is 20.0 Å². The van der Waals surface area contributed by atoms with Crippen LogP contribution in [-0.2, 0) is 32.1 Å². The second-order valence-electron chi connectivity index (χ2n) is 6.40. The number of carbonyl (C=O) groups excluding carboxylic acids is 2. The molecule has 2 rings (SSSR count). The van der Waals surface area contributed by atoms with Crippen LogP contribution in [0.5, 0.6) is 0 Å². The van der Waals surface area contributed by atoms with Crippen LogP contribution < -0.4 is 0 Å². The molecule has 0 N–H and O–H groups in total. The maximum atomic E-state index is 11.4. The van der Waals surface area contributed by atoms with Gasteiger partial charge in [0.15, 0.2) is 5.71 Å². The third-order valence-electron chi connectivity index (χ3n) is 4.07. The fraction of sp³-hybridized carbons (Fsp3) is 0.318. The smallest absolute Gasteiger partial charge is 0.355 e. The van der Waals surface area contributed by atoms with Crippen molar-refractivity contribution in [3.05, 3.63) is 71.3 Å². The molecule has 0 aliphatic carbocycles. The second kappa shape index (κ2) is 11.7. The van der Waals surface area contributed by atoms with E-state index in [4.69, 9.17) is 9.57 Å². The molecule has 1 atom stereocenters. The number of carbonyl (C=O) groups is 2. The molecule has 0 aromatic heterocycles. The summed E-state index contributed by atoms with van der Waals surface area (Å²) in [5.74, 6) is -0.532. The molecule has 0 aliphatic rings. The Morgan fingerprint density at radius 2 is 1.82 bits per heavy atom. The summed E-state index contributed by atoms with van der Waals surface area (Å²) < 4.78 is 10.4. The third-order valence-corrected chi connectivity index (χ3v) is 4.07. The first-order chi connectivity index (χ1) is 13.6. The van der Waals surface area contributed by atoms with Crippen molar-refractivity contribution in [2.75, 3.05) is 20.3 Å². The SMILES string of the molecule is COC(=O)/C(C)=N/OCC(COCc1ccccc1)Cc1cccc(C=O)c1. The predicted octanol–water partition coefficient (Wildman–Crippen LogP) is 3.44. The Hall–Kier alpha value is -2.99. The highest BCUT2D eigenvalue weighted by molar-refractivity contribution is 6.35. The molecule has 0 heterocycles. The molecule has 28 heavy (non-hydrogen) atoms. The average Bonchev–Trinajstić information content (AvgIpc) is 2.73. The number of benzene rings is 2. The molecule has 6 heteroatoms. The molecule has 0 amide bonds. The summed E-state index contributed by atoms with van der Waals surface area (Å²) in [5, 5.41) is 3.81. The number of esters is 1. The van der Waals surface area contributed by atoms with Crippen LogP contribution in [0.3, 0.4) is 0 Å². The number of nitrogens with zero attached hydrogens (tertiary/aromatic N) is 1. The van der Waals surface area contributed by atoms with E-state index >= 15 is 0 Å². The van der Waals surface area contributed by atoms with Crippen LogP contribution in [0.2, 0.25) is 0 Å². The third kappa shape index (κ3) is 7.32. The molecule has 2 aromatic rings. The summed E-state index contributed by atoms with van der Waals surface area (Å²) in [5.41, 5.74) is 2.87. The van der Waals surface area contributed by atoms with E-state index in [-0.39, 0.29) is 18.2 Å². The molecule has 0 bridgehead atoms. The topological polar surface area (TPSA) is 74.2 Å². The van der Waals surface area contributed by atoms with Crippen molar-refractivity contribution in [3.8, 4) is 0 Å². The van der Waals surface area contributed by atoms with Gasteiger partial charge in [-0.15, -0.1) is 0 Å². The van der Waals surface area contributed by atoms with E-state index in [1.54, 1.807) is 6.07 Å². The summed E-state index contributed by atoms with van der Waals surface area (Å²) in [7, 11) is 1.29. The second-order valence-corrected chi connectivity index (χ2v) is 6.40. The number of ether oxygens (including phenoxy) is 2. The quantitative estimate of drug-likeness (QED) is 0.257. The Labute approximate surface area is 165 Å². The molecular weight excluding hydrogens is 358 g/mol. The van der Waals surface area contributed by atoms with E-state index in [1.807, 2.05) is 48.5 Å². The van der Waals surface area contributed by atoms with Gasteiger partial charge >= 0.3 is 5.97 Å². The summed E-state index contributed by atoms with van der Waals surface area (Å²) in [6.07, 6.45) is 1.48. The van der Waals surface area contributed by atoms with Gasteiger partial charge in [0.2, 0.25) is 0 Å². The molecular formula is C22H25NO5. The molecule has 2 aromatic carbocycles. The Morgan fingerprint density at radius 1 is 1.07 bits per heavy atom. The van der Waals surface area contributed by atoms with Crippen molar-refractivity contribution < 1.29 is 23.9 Å². The van der Waals surface area contributed by atoms with Crippen LogP contribution in [-0.4, -0.2) is 38.3 Å². The van der Waals surface area contributed by atoms with Crippen molar-refractivity contribution in [3.63, 3.8) is 0 Å². The molecule has 0 spiro atoms. The lowest BCUT2D eigenvalue weighted by Gasteiger charge is -2.16. The van der Waals surface area contributed by atoms with Gasteiger partial charge in [-0.05, 0) is 30.5 Å². The number of aldehydes is 1. The minimum Gasteiger partial charge on any atom is -0.464 e. The zero-order chi connectivity index (χ0) is 20.2. The molecule has 1 unspecified atom stereocenters. The van der Waals surface area contributed by atoms with Gasteiger partial charge in [0, 0.05) is 11.5 Å². The van der Waals surface area contributed by atoms with E-state index in [0.29, 0.717) is 25.2 Å². The van der Waals surface area contributed by atoms with Crippen LogP contribution in [0.15, 0.2) is 59.8 Å². The van der Waals surface area contributed by atoms with Gasteiger partial charge in [-0.3, -0.25) is 4.79 Å². The first kappa shape index (κ1) is 21.3. The number of hydrogen-bond acceptors (Lipinski definition) is 6. The zero-order valence-corrected chi connectivity index (χ0v) is 16.2. The van der Waals surface area contributed by atoms with E-state index in [9.17, 15) is 9.59 Å². The van der Waals surface area contributed by atoms with Crippen molar-refractivity contribution in [1.29, 1.82) is 0 Å². The average molecular weight is 383 g/mol. The normalized spacial score (nSPS) is 12.3. The highest BCUT2D eigenvalue weighted by atomic mass is 16.6. The number of hydrogen-bond donors (Lipinski definition) is 0. The van der Waals surface area contributed by atoms with Crippen LogP contribution in [0.4, 0.5) is 0 Å².